The summed E-state index contributed by atoms with van der Waals surface area (Å²) in [5, 5.41) is 2.75. The third kappa shape index (κ3) is 7.31. The molecule has 0 radical (unpaired) electrons. The first kappa shape index (κ1) is 20.4. The summed E-state index contributed by atoms with van der Waals surface area (Å²) in [5.41, 5.74) is 7.69. The second kappa shape index (κ2) is 9.03. The highest BCUT2D eigenvalue weighted by molar-refractivity contribution is 7.90. The molecule has 0 saturated heterocycles. The number of nitrogens with one attached hydrogen (secondary N) is 1. The Bertz CT molecular complexity index is 659. The number of benzene rings is 1. The minimum atomic E-state index is -3.13. The van der Waals surface area contributed by atoms with Crippen LogP contribution < -0.4 is 15.8 Å². The van der Waals surface area contributed by atoms with Crippen LogP contribution >= 0.6 is 0 Å². The van der Waals surface area contributed by atoms with Crippen LogP contribution in [-0.4, -0.2) is 38.5 Å². The molecule has 0 bridgehead atoms. The predicted molar refractivity (Wildman–Crippen MR) is 95.7 cm³/mol. The molecule has 0 aliphatic rings. The number of hydrogen-bond acceptors (Lipinski definition) is 5. The first-order chi connectivity index (χ1) is 11.1. The summed E-state index contributed by atoms with van der Waals surface area (Å²) in [4.78, 5) is 12.0. The van der Waals surface area contributed by atoms with E-state index in [4.69, 9.17) is 10.5 Å². The third-order valence-corrected chi connectivity index (χ3v) is 4.69. The molecule has 24 heavy (non-hydrogen) atoms. The van der Waals surface area contributed by atoms with Gasteiger partial charge in [0.2, 0.25) is 5.91 Å². The summed E-state index contributed by atoms with van der Waals surface area (Å²) in [6.45, 7) is 6.30. The fourth-order valence-corrected chi connectivity index (χ4v) is 2.69. The van der Waals surface area contributed by atoms with Crippen molar-refractivity contribution in [1.29, 1.82) is 0 Å². The van der Waals surface area contributed by atoms with E-state index in [0.717, 1.165) is 29.6 Å². The van der Waals surface area contributed by atoms with Gasteiger partial charge in [0.25, 0.3) is 0 Å². The molecule has 1 aromatic rings. The van der Waals surface area contributed by atoms with Crippen LogP contribution in [0.2, 0.25) is 0 Å². The lowest BCUT2D eigenvalue weighted by Gasteiger charge is -2.18. The molecule has 0 heterocycles. The molecule has 0 aliphatic heterocycles. The molecule has 0 fully saturated rings. The van der Waals surface area contributed by atoms with Gasteiger partial charge in [-0.25, -0.2) is 8.42 Å². The lowest BCUT2D eigenvalue weighted by molar-refractivity contribution is -0.122. The Hall–Kier alpha value is -1.60. The highest BCUT2D eigenvalue weighted by atomic mass is 32.2. The van der Waals surface area contributed by atoms with Crippen molar-refractivity contribution in [3.63, 3.8) is 0 Å². The Morgan fingerprint density at radius 2 is 2.04 bits per heavy atom. The SMILES string of the molecule is CCC(C)Oc1cc(C)ccc1CNC(=O)C(N)CCS(C)(=O)=O. The molecule has 3 N–H and O–H groups in total. The first-order valence-corrected chi connectivity index (χ1v) is 10.2. The van der Waals surface area contributed by atoms with Crippen molar-refractivity contribution in [2.75, 3.05) is 12.0 Å². The molecular formula is C17H28N2O4S. The van der Waals surface area contributed by atoms with E-state index in [0.29, 0.717) is 0 Å². The van der Waals surface area contributed by atoms with Gasteiger partial charge in [-0.2, -0.15) is 0 Å². The monoisotopic (exact) mass is 356 g/mol. The van der Waals surface area contributed by atoms with Crippen LogP contribution in [0.4, 0.5) is 0 Å². The molecule has 6 nitrogen and oxygen atoms in total. The van der Waals surface area contributed by atoms with Crippen LogP contribution in [0.15, 0.2) is 18.2 Å². The van der Waals surface area contributed by atoms with Gasteiger partial charge in [0.15, 0.2) is 0 Å². The van der Waals surface area contributed by atoms with Crippen molar-refractivity contribution in [2.24, 2.45) is 5.73 Å². The largest absolute Gasteiger partial charge is 0.490 e. The number of carbonyl (C=O) groups excluding carboxylic acids is 1. The van der Waals surface area contributed by atoms with Crippen molar-refractivity contribution >= 4 is 15.7 Å². The van der Waals surface area contributed by atoms with E-state index in [-0.39, 0.29) is 30.7 Å². The molecule has 0 aromatic heterocycles. The molecule has 0 saturated carbocycles. The molecule has 1 amide bonds. The van der Waals surface area contributed by atoms with Crippen LogP contribution in [0, 0.1) is 6.92 Å². The van der Waals surface area contributed by atoms with E-state index in [2.05, 4.69) is 5.32 Å². The van der Waals surface area contributed by atoms with Gasteiger partial charge in [0.05, 0.1) is 17.9 Å². The minimum Gasteiger partial charge on any atom is -0.490 e. The van der Waals surface area contributed by atoms with Gasteiger partial charge in [0, 0.05) is 18.4 Å². The maximum atomic E-state index is 12.0. The van der Waals surface area contributed by atoms with E-state index < -0.39 is 15.9 Å². The molecule has 1 rings (SSSR count). The van der Waals surface area contributed by atoms with E-state index in [1.54, 1.807) is 0 Å². The summed E-state index contributed by atoms with van der Waals surface area (Å²) in [5.74, 6) is 0.275. The summed E-state index contributed by atoms with van der Waals surface area (Å²) >= 11 is 0. The highest BCUT2D eigenvalue weighted by Crippen LogP contribution is 2.22. The Balaban J connectivity index is 2.67. The highest BCUT2D eigenvalue weighted by Gasteiger charge is 2.16. The molecule has 7 heteroatoms. The number of aryl methyl sites for hydroxylation is 1. The summed E-state index contributed by atoms with van der Waals surface area (Å²) < 4.78 is 28.2. The van der Waals surface area contributed by atoms with Crippen molar-refractivity contribution in [1.82, 2.24) is 5.32 Å². The molecule has 2 atom stereocenters. The number of amides is 1. The summed E-state index contributed by atoms with van der Waals surface area (Å²) in [6.07, 6.45) is 2.20. The molecule has 0 aliphatic carbocycles. The van der Waals surface area contributed by atoms with Gasteiger partial charge in [-0.1, -0.05) is 19.1 Å². The van der Waals surface area contributed by atoms with Gasteiger partial charge in [0.1, 0.15) is 15.6 Å². The van der Waals surface area contributed by atoms with Gasteiger partial charge < -0.3 is 15.8 Å². The maximum absolute atomic E-state index is 12.0. The van der Waals surface area contributed by atoms with Gasteiger partial charge >= 0.3 is 0 Å². The zero-order valence-corrected chi connectivity index (χ0v) is 15.7. The fraction of sp³-hybridized carbons (Fsp3) is 0.588. The van der Waals surface area contributed by atoms with E-state index in [9.17, 15) is 13.2 Å². The Kier molecular flexibility index (Phi) is 7.69. The van der Waals surface area contributed by atoms with E-state index in [1.807, 2.05) is 39.0 Å². The zero-order chi connectivity index (χ0) is 18.3. The normalized spacial score (nSPS) is 14.0. The Morgan fingerprint density at radius 1 is 1.38 bits per heavy atom. The molecule has 2 unspecified atom stereocenters. The average molecular weight is 356 g/mol. The zero-order valence-electron chi connectivity index (χ0n) is 14.8. The lowest BCUT2D eigenvalue weighted by Crippen LogP contribution is -2.41. The van der Waals surface area contributed by atoms with E-state index in [1.165, 1.54) is 0 Å². The number of sulfone groups is 1. The van der Waals surface area contributed by atoms with Gasteiger partial charge in [-0.05, 0) is 38.3 Å². The maximum Gasteiger partial charge on any atom is 0.237 e. The van der Waals surface area contributed by atoms with Crippen LogP contribution in [0.3, 0.4) is 0 Å². The second-order valence-electron chi connectivity index (χ2n) is 6.19. The summed E-state index contributed by atoms with van der Waals surface area (Å²) in [6, 6.07) is 4.96. The summed E-state index contributed by atoms with van der Waals surface area (Å²) in [7, 11) is -3.13. The number of rotatable bonds is 9. The number of ether oxygens (including phenoxy) is 1. The molecule has 0 spiro atoms. The Morgan fingerprint density at radius 3 is 2.62 bits per heavy atom. The number of carbonyl (C=O) groups is 1. The van der Waals surface area contributed by atoms with Crippen molar-refractivity contribution in [2.45, 2.75) is 52.3 Å². The molecular weight excluding hydrogens is 328 g/mol. The topological polar surface area (TPSA) is 98.5 Å². The Labute approximate surface area is 144 Å². The number of nitrogens with two attached hydrogens (primary N) is 1. The van der Waals surface area contributed by atoms with Crippen molar-refractivity contribution < 1.29 is 17.9 Å². The lowest BCUT2D eigenvalue weighted by atomic mass is 10.1. The standard InChI is InChI=1S/C17H28N2O4S/c1-5-13(3)23-16-10-12(2)6-7-14(16)11-19-17(20)15(18)8-9-24(4,21)22/h6-7,10,13,15H,5,8-9,11,18H2,1-4H3,(H,19,20). The van der Waals surface area contributed by atoms with Crippen LogP contribution in [0.25, 0.3) is 0 Å². The first-order valence-electron chi connectivity index (χ1n) is 8.09. The van der Waals surface area contributed by atoms with Crippen LogP contribution in [0.1, 0.15) is 37.8 Å². The van der Waals surface area contributed by atoms with Crippen molar-refractivity contribution in [3.8, 4) is 5.75 Å². The van der Waals surface area contributed by atoms with E-state index >= 15 is 0 Å². The van der Waals surface area contributed by atoms with Gasteiger partial charge in [-0.3, -0.25) is 4.79 Å². The number of hydrogen-bond donors (Lipinski definition) is 2. The molecule has 1 aromatic carbocycles. The minimum absolute atomic E-state index is 0.0817. The predicted octanol–water partition coefficient (Wildman–Crippen LogP) is 1.55. The smallest absolute Gasteiger partial charge is 0.237 e. The van der Waals surface area contributed by atoms with Crippen LogP contribution in [-0.2, 0) is 21.2 Å². The third-order valence-electron chi connectivity index (χ3n) is 3.72. The average Bonchev–Trinajstić information content (AvgIpc) is 2.50. The second-order valence-corrected chi connectivity index (χ2v) is 8.45. The van der Waals surface area contributed by atoms with Crippen molar-refractivity contribution in [3.05, 3.63) is 29.3 Å². The van der Waals surface area contributed by atoms with Gasteiger partial charge in [-0.15, -0.1) is 0 Å². The quantitative estimate of drug-likeness (QED) is 0.699. The van der Waals surface area contributed by atoms with Crippen LogP contribution in [0.5, 0.6) is 5.75 Å². The fourth-order valence-electron chi connectivity index (χ4n) is 2.00. The molecule has 136 valence electrons.